The van der Waals surface area contributed by atoms with Crippen LogP contribution in [0.5, 0.6) is 11.5 Å². The van der Waals surface area contributed by atoms with E-state index in [2.05, 4.69) is 10.3 Å². The summed E-state index contributed by atoms with van der Waals surface area (Å²) in [6.45, 7) is 1.19. The van der Waals surface area contributed by atoms with Crippen LogP contribution >= 0.6 is 36.2 Å². The second-order valence-corrected chi connectivity index (χ2v) is 4.90. The number of hydrogen-bond acceptors (Lipinski definition) is 6. The summed E-state index contributed by atoms with van der Waals surface area (Å²) in [6, 6.07) is 5.04. The molecule has 0 unspecified atom stereocenters. The summed E-state index contributed by atoms with van der Waals surface area (Å²) < 4.78 is 10.9. The Hall–Kier alpha value is -1.54. The Kier molecular flexibility index (Phi) is 10.3. The van der Waals surface area contributed by atoms with E-state index >= 15 is 0 Å². The Labute approximate surface area is 151 Å². The van der Waals surface area contributed by atoms with Gasteiger partial charge in [-0.3, -0.25) is 4.79 Å². The van der Waals surface area contributed by atoms with Crippen molar-refractivity contribution < 1.29 is 14.3 Å². The molecule has 9 heteroatoms. The third-order valence-corrected chi connectivity index (χ3v) is 3.35. The van der Waals surface area contributed by atoms with Gasteiger partial charge in [0.1, 0.15) is 6.61 Å². The highest BCUT2D eigenvalue weighted by Gasteiger charge is 2.11. The van der Waals surface area contributed by atoms with Crippen molar-refractivity contribution in [2.45, 2.75) is 6.61 Å². The highest BCUT2D eigenvalue weighted by atomic mass is 35.5. The molecule has 0 bridgehead atoms. The largest absolute Gasteiger partial charge is 0.493 e. The molecule has 1 amide bonds. The summed E-state index contributed by atoms with van der Waals surface area (Å²) in [4.78, 5) is 16.0. The Morgan fingerprint density at radius 2 is 2.13 bits per heavy atom. The molecule has 0 radical (unpaired) electrons. The number of thiazole rings is 1. The third-order valence-electron chi connectivity index (χ3n) is 2.71. The molecule has 6 nitrogen and oxygen atoms in total. The van der Waals surface area contributed by atoms with Crippen LogP contribution in [-0.4, -0.2) is 31.1 Å². The van der Waals surface area contributed by atoms with Crippen LogP contribution in [0.1, 0.15) is 16.1 Å². The molecule has 0 aliphatic heterocycles. The number of ether oxygens (including phenoxy) is 2. The fraction of sp³-hybridized carbons (Fsp3) is 0.286. The topological polar surface area (TPSA) is 86.5 Å². The lowest BCUT2D eigenvalue weighted by molar-refractivity contribution is 0.0954. The van der Waals surface area contributed by atoms with Crippen LogP contribution in [-0.2, 0) is 6.61 Å². The number of hydrogen-bond donors (Lipinski definition) is 2. The second kappa shape index (κ2) is 11.1. The van der Waals surface area contributed by atoms with Gasteiger partial charge in [0.15, 0.2) is 11.5 Å². The van der Waals surface area contributed by atoms with Gasteiger partial charge in [-0.15, -0.1) is 36.2 Å². The highest BCUT2D eigenvalue weighted by molar-refractivity contribution is 7.07. The van der Waals surface area contributed by atoms with Crippen molar-refractivity contribution >= 4 is 42.1 Å². The number of nitrogens with zero attached hydrogens (tertiary/aromatic N) is 1. The monoisotopic (exact) mass is 379 g/mol. The Bertz CT molecular complexity index is 597. The zero-order valence-corrected chi connectivity index (χ0v) is 14.9. The van der Waals surface area contributed by atoms with Crippen molar-refractivity contribution in [3.05, 3.63) is 40.3 Å². The van der Waals surface area contributed by atoms with E-state index < -0.39 is 0 Å². The lowest BCUT2D eigenvalue weighted by atomic mass is 10.2. The summed E-state index contributed by atoms with van der Waals surface area (Å²) in [5, 5.41) is 4.62. The van der Waals surface area contributed by atoms with E-state index in [-0.39, 0.29) is 30.7 Å². The van der Waals surface area contributed by atoms with Gasteiger partial charge in [-0.1, -0.05) is 0 Å². The van der Waals surface area contributed by atoms with Crippen molar-refractivity contribution in [1.82, 2.24) is 10.3 Å². The van der Waals surface area contributed by atoms with E-state index in [1.54, 1.807) is 23.7 Å². The van der Waals surface area contributed by atoms with Gasteiger partial charge >= 0.3 is 0 Å². The number of methoxy groups -OCH3 is 1. The maximum absolute atomic E-state index is 11.9. The summed E-state index contributed by atoms with van der Waals surface area (Å²) in [5.41, 5.74) is 8.46. The van der Waals surface area contributed by atoms with Crippen LogP contribution in [0.2, 0.25) is 0 Å². The van der Waals surface area contributed by atoms with E-state index in [1.807, 2.05) is 5.38 Å². The maximum atomic E-state index is 11.9. The fourth-order valence-corrected chi connectivity index (χ4v) is 2.22. The molecule has 3 N–H and O–H groups in total. The molecular formula is C14H19Cl2N3O3S. The third kappa shape index (κ3) is 6.23. The van der Waals surface area contributed by atoms with E-state index in [9.17, 15) is 4.79 Å². The van der Waals surface area contributed by atoms with Gasteiger partial charge in [-0.25, -0.2) is 4.98 Å². The molecule has 2 aromatic rings. The van der Waals surface area contributed by atoms with Gasteiger partial charge in [-0.2, -0.15) is 0 Å². The Morgan fingerprint density at radius 1 is 1.35 bits per heavy atom. The Balaban J connectivity index is 0.00000242. The zero-order valence-electron chi connectivity index (χ0n) is 12.5. The number of benzene rings is 1. The molecule has 2 rings (SSSR count). The molecule has 0 saturated carbocycles. The molecule has 0 atom stereocenters. The molecular weight excluding hydrogens is 361 g/mol. The van der Waals surface area contributed by atoms with Crippen molar-refractivity contribution in [2.24, 2.45) is 5.73 Å². The van der Waals surface area contributed by atoms with Gasteiger partial charge < -0.3 is 20.5 Å². The first-order valence-electron chi connectivity index (χ1n) is 6.40. The van der Waals surface area contributed by atoms with E-state index in [1.165, 1.54) is 18.4 Å². The summed E-state index contributed by atoms with van der Waals surface area (Å²) >= 11 is 1.51. The van der Waals surface area contributed by atoms with Crippen LogP contribution in [0.3, 0.4) is 0 Å². The lowest BCUT2D eigenvalue weighted by Crippen LogP contribution is -2.28. The average molecular weight is 380 g/mol. The zero-order chi connectivity index (χ0) is 15.1. The lowest BCUT2D eigenvalue weighted by Gasteiger charge is -2.11. The predicted molar refractivity (Wildman–Crippen MR) is 95.3 cm³/mol. The molecule has 1 aromatic carbocycles. The molecule has 128 valence electrons. The van der Waals surface area contributed by atoms with Crippen molar-refractivity contribution in [2.75, 3.05) is 20.2 Å². The standard InChI is InChI=1S/C14H17N3O3S.2ClH/c1-19-13-6-10(14(18)16-5-4-15)2-3-12(13)20-7-11-8-21-9-17-11;;/h2-3,6,8-9H,4-5,7,15H2,1H3,(H,16,18);2*1H. The summed E-state index contributed by atoms with van der Waals surface area (Å²) in [7, 11) is 1.53. The number of amides is 1. The van der Waals surface area contributed by atoms with Gasteiger partial charge in [0.2, 0.25) is 0 Å². The number of carbonyl (C=O) groups excluding carboxylic acids is 1. The SMILES string of the molecule is COc1cc(C(=O)NCCN)ccc1OCc1cscn1.Cl.Cl. The minimum Gasteiger partial charge on any atom is -0.493 e. The first-order chi connectivity index (χ1) is 10.2. The van der Waals surface area contributed by atoms with E-state index in [4.69, 9.17) is 15.2 Å². The van der Waals surface area contributed by atoms with Crippen LogP contribution in [0, 0.1) is 0 Å². The number of aromatic nitrogens is 1. The molecule has 0 aliphatic carbocycles. The molecule has 0 aliphatic rings. The number of nitrogens with one attached hydrogen (secondary N) is 1. The van der Waals surface area contributed by atoms with Gasteiger partial charge in [0.25, 0.3) is 5.91 Å². The van der Waals surface area contributed by atoms with E-state index in [0.29, 0.717) is 36.8 Å². The van der Waals surface area contributed by atoms with Gasteiger partial charge in [0.05, 0.1) is 18.3 Å². The van der Waals surface area contributed by atoms with Crippen LogP contribution in [0.25, 0.3) is 0 Å². The van der Waals surface area contributed by atoms with Crippen molar-refractivity contribution in [3.63, 3.8) is 0 Å². The van der Waals surface area contributed by atoms with Crippen molar-refractivity contribution in [3.8, 4) is 11.5 Å². The molecule has 0 saturated heterocycles. The second-order valence-electron chi connectivity index (χ2n) is 4.18. The quantitative estimate of drug-likeness (QED) is 0.770. The average Bonchev–Trinajstić information content (AvgIpc) is 3.03. The molecule has 0 fully saturated rings. The predicted octanol–water partition coefficient (Wildman–Crippen LogP) is 2.26. The maximum Gasteiger partial charge on any atom is 0.251 e. The fourth-order valence-electron chi connectivity index (χ4n) is 1.68. The van der Waals surface area contributed by atoms with Crippen LogP contribution in [0.15, 0.2) is 29.1 Å². The molecule has 23 heavy (non-hydrogen) atoms. The molecule has 1 aromatic heterocycles. The van der Waals surface area contributed by atoms with Crippen LogP contribution < -0.4 is 20.5 Å². The molecule has 1 heterocycles. The summed E-state index contributed by atoms with van der Waals surface area (Å²) in [6.07, 6.45) is 0. The molecule has 0 spiro atoms. The number of halogens is 2. The van der Waals surface area contributed by atoms with Gasteiger partial charge in [0, 0.05) is 24.0 Å². The normalized spacial score (nSPS) is 9.30. The van der Waals surface area contributed by atoms with Crippen LogP contribution in [0.4, 0.5) is 0 Å². The first kappa shape index (κ1) is 21.5. The number of carbonyl (C=O) groups is 1. The highest BCUT2D eigenvalue weighted by Crippen LogP contribution is 2.28. The van der Waals surface area contributed by atoms with E-state index in [0.717, 1.165) is 5.69 Å². The minimum atomic E-state index is -0.190. The smallest absolute Gasteiger partial charge is 0.251 e. The van der Waals surface area contributed by atoms with Gasteiger partial charge in [-0.05, 0) is 18.2 Å². The minimum absolute atomic E-state index is 0. The first-order valence-corrected chi connectivity index (χ1v) is 7.35. The number of rotatable bonds is 7. The van der Waals surface area contributed by atoms with Crippen molar-refractivity contribution in [1.29, 1.82) is 0 Å². The Morgan fingerprint density at radius 3 is 2.74 bits per heavy atom. The summed E-state index contributed by atoms with van der Waals surface area (Å²) in [5.74, 6) is 0.885. The number of nitrogens with two attached hydrogens (primary N) is 1.